The van der Waals surface area contributed by atoms with Crippen molar-refractivity contribution in [1.29, 1.82) is 0 Å². The smallest absolute Gasteiger partial charge is 0.419 e. The molecule has 0 unspecified atom stereocenters. The number of halogens is 1. The summed E-state index contributed by atoms with van der Waals surface area (Å²) in [5.74, 6) is 0.194. The van der Waals surface area contributed by atoms with Gasteiger partial charge in [-0.15, -0.1) is 0 Å². The molecule has 0 aliphatic carbocycles. The first-order chi connectivity index (χ1) is 15.3. The average Bonchev–Trinajstić information content (AvgIpc) is 3.05. The molecule has 1 amide bonds. The Morgan fingerprint density at radius 2 is 2.06 bits per heavy atom. The predicted octanol–water partition coefficient (Wildman–Crippen LogP) is 3.87. The zero-order chi connectivity index (χ0) is 23.3. The number of nitrogens with one attached hydrogen (secondary N) is 1. The third-order valence-corrected chi connectivity index (χ3v) is 4.95. The molecule has 0 aliphatic rings. The van der Waals surface area contributed by atoms with E-state index in [1.807, 2.05) is 25.9 Å². The molecule has 1 N–H and O–H groups in total. The number of ether oxygens (including phenoxy) is 2. The van der Waals surface area contributed by atoms with E-state index in [-0.39, 0.29) is 5.91 Å². The van der Waals surface area contributed by atoms with Crippen molar-refractivity contribution in [2.24, 2.45) is 0 Å². The molecule has 8 nitrogen and oxygen atoms in total. The van der Waals surface area contributed by atoms with E-state index in [2.05, 4.69) is 5.32 Å². The number of benzene rings is 2. The summed E-state index contributed by atoms with van der Waals surface area (Å²) in [4.78, 5) is 26.6. The first kappa shape index (κ1) is 23.4. The highest BCUT2D eigenvalue weighted by Gasteiger charge is 2.12. The van der Waals surface area contributed by atoms with Gasteiger partial charge in [-0.25, -0.2) is 4.79 Å². The fraction of sp³-hybridized carbons (Fsp3) is 0.304. The highest BCUT2D eigenvalue weighted by Crippen LogP contribution is 2.36. The molecule has 0 saturated heterocycles. The van der Waals surface area contributed by atoms with Crippen LogP contribution in [-0.4, -0.2) is 49.7 Å². The zero-order valence-electron chi connectivity index (χ0n) is 18.5. The average molecular weight is 460 g/mol. The lowest BCUT2D eigenvalue weighted by molar-refractivity contribution is -0.111. The van der Waals surface area contributed by atoms with Crippen LogP contribution in [0.1, 0.15) is 12.5 Å². The summed E-state index contributed by atoms with van der Waals surface area (Å²) in [5.41, 5.74) is 2.34. The van der Waals surface area contributed by atoms with E-state index >= 15 is 0 Å². The summed E-state index contributed by atoms with van der Waals surface area (Å²) >= 11 is 6.25. The van der Waals surface area contributed by atoms with Gasteiger partial charge in [0.05, 0.1) is 24.3 Å². The molecule has 170 valence electrons. The number of hydrogen-bond donors (Lipinski definition) is 1. The van der Waals surface area contributed by atoms with Crippen molar-refractivity contribution in [3.05, 3.63) is 57.5 Å². The lowest BCUT2D eigenvalue weighted by Gasteiger charge is -2.11. The lowest BCUT2D eigenvalue weighted by atomic mass is 10.2. The first-order valence-corrected chi connectivity index (χ1v) is 10.5. The first-order valence-electron chi connectivity index (χ1n) is 10.1. The minimum absolute atomic E-state index is 0.333. The van der Waals surface area contributed by atoms with Crippen molar-refractivity contribution in [2.45, 2.75) is 13.5 Å². The topological polar surface area (TPSA) is 85.9 Å². The quantitative estimate of drug-likeness (QED) is 0.489. The van der Waals surface area contributed by atoms with Crippen LogP contribution in [0.3, 0.4) is 0 Å². The molecule has 0 radical (unpaired) electrons. The number of amides is 1. The Kier molecular flexibility index (Phi) is 7.61. The molecule has 0 aliphatic heterocycles. The molecule has 1 aromatic heterocycles. The number of hydrogen-bond acceptors (Lipinski definition) is 6. The van der Waals surface area contributed by atoms with Gasteiger partial charge in [-0.2, -0.15) is 0 Å². The van der Waals surface area contributed by atoms with Gasteiger partial charge in [-0.05, 0) is 63.0 Å². The molecule has 0 fully saturated rings. The van der Waals surface area contributed by atoms with E-state index in [4.69, 9.17) is 25.5 Å². The molecule has 1 heterocycles. The van der Waals surface area contributed by atoms with Crippen molar-refractivity contribution < 1.29 is 18.7 Å². The van der Waals surface area contributed by atoms with Crippen LogP contribution in [0.15, 0.2) is 45.6 Å². The summed E-state index contributed by atoms with van der Waals surface area (Å²) in [6, 6.07) is 8.51. The van der Waals surface area contributed by atoms with Gasteiger partial charge in [-0.1, -0.05) is 11.6 Å². The molecule has 0 atom stereocenters. The fourth-order valence-electron chi connectivity index (χ4n) is 3.15. The van der Waals surface area contributed by atoms with Crippen LogP contribution in [0, 0.1) is 0 Å². The Balaban J connectivity index is 1.78. The minimum atomic E-state index is -0.424. The Morgan fingerprint density at radius 3 is 2.75 bits per heavy atom. The van der Waals surface area contributed by atoms with E-state index in [1.165, 1.54) is 13.2 Å². The van der Waals surface area contributed by atoms with Gasteiger partial charge in [0.1, 0.15) is 0 Å². The second-order valence-corrected chi connectivity index (χ2v) is 7.70. The number of carbonyl (C=O) groups excluding carboxylic acids is 1. The number of oxazole rings is 1. The molecular formula is C23H26ClN3O5. The maximum Gasteiger partial charge on any atom is 0.419 e. The van der Waals surface area contributed by atoms with E-state index in [9.17, 15) is 9.59 Å². The van der Waals surface area contributed by atoms with Gasteiger partial charge in [0.15, 0.2) is 17.1 Å². The summed E-state index contributed by atoms with van der Waals surface area (Å²) in [6.45, 7) is 3.48. The number of carbonyl (C=O) groups is 1. The molecule has 9 heteroatoms. The third kappa shape index (κ3) is 5.52. The monoisotopic (exact) mass is 459 g/mol. The van der Waals surface area contributed by atoms with Crippen LogP contribution in [0.25, 0.3) is 17.2 Å². The van der Waals surface area contributed by atoms with Gasteiger partial charge in [0.2, 0.25) is 5.91 Å². The van der Waals surface area contributed by atoms with Crippen molar-refractivity contribution in [2.75, 3.05) is 39.7 Å². The number of nitrogens with zero attached hydrogens (tertiary/aromatic N) is 2. The largest absolute Gasteiger partial charge is 0.491 e. The SMILES string of the molecule is CCOc1cc(/C=C/C(=O)Nc2ccc3oc(=O)n(CCN(C)C)c3c2)cc(Cl)c1OC. The molecule has 0 saturated carbocycles. The van der Waals surface area contributed by atoms with Gasteiger partial charge in [-0.3, -0.25) is 9.36 Å². The molecular weight excluding hydrogens is 434 g/mol. The molecule has 0 bridgehead atoms. The van der Waals surface area contributed by atoms with E-state index < -0.39 is 5.76 Å². The summed E-state index contributed by atoms with van der Waals surface area (Å²) < 4.78 is 17.7. The van der Waals surface area contributed by atoms with Crippen LogP contribution in [0.5, 0.6) is 11.5 Å². The number of likely N-dealkylation sites (N-methyl/N-ethyl adjacent to an activating group) is 1. The van der Waals surface area contributed by atoms with Gasteiger partial charge in [0, 0.05) is 24.9 Å². The Morgan fingerprint density at radius 1 is 1.28 bits per heavy atom. The normalized spacial score (nSPS) is 11.4. The molecule has 0 spiro atoms. The highest BCUT2D eigenvalue weighted by molar-refractivity contribution is 6.32. The third-order valence-electron chi connectivity index (χ3n) is 4.67. The number of anilines is 1. The predicted molar refractivity (Wildman–Crippen MR) is 126 cm³/mol. The fourth-order valence-corrected chi connectivity index (χ4v) is 3.45. The molecule has 3 rings (SSSR count). The molecule has 32 heavy (non-hydrogen) atoms. The van der Waals surface area contributed by atoms with Crippen LogP contribution in [-0.2, 0) is 11.3 Å². The number of fused-ring (bicyclic) bond motifs is 1. The lowest BCUT2D eigenvalue weighted by Crippen LogP contribution is -2.23. The minimum Gasteiger partial charge on any atom is -0.491 e. The van der Waals surface area contributed by atoms with E-state index in [0.717, 1.165) is 0 Å². The van der Waals surface area contributed by atoms with E-state index in [1.54, 1.807) is 41.0 Å². The Bertz CT molecular complexity index is 1200. The van der Waals surface area contributed by atoms with Crippen LogP contribution in [0.4, 0.5) is 5.69 Å². The Labute approximate surface area is 191 Å². The van der Waals surface area contributed by atoms with Gasteiger partial charge in [0.25, 0.3) is 0 Å². The molecule has 2 aromatic carbocycles. The van der Waals surface area contributed by atoms with Crippen molar-refractivity contribution in [3.8, 4) is 11.5 Å². The van der Waals surface area contributed by atoms with Crippen molar-refractivity contribution >= 4 is 40.4 Å². The molecule has 3 aromatic rings. The highest BCUT2D eigenvalue weighted by atomic mass is 35.5. The Hall–Kier alpha value is -3.23. The summed E-state index contributed by atoms with van der Waals surface area (Å²) in [6.07, 6.45) is 3.03. The maximum atomic E-state index is 12.5. The number of rotatable bonds is 9. The van der Waals surface area contributed by atoms with Crippen molar-refractivity contribution in [1.82, 2.24) is 9.47 Å². The van der Waals surface area contributed by atoms with Gasteiger partial charge < -0.3 is 24.1 Å². The maximum absolute atomic E-state index is 12.5. The van der Waals surface area contributed by atoms with Gasteiger partial charge >= 0.3 is 5.76 Å². The second-order valence-electron chi connectivity index (χ2n) is 7.30. The summed E-state index contributed by atoms with van der Waals surface area (Å²) in [5, 5.41) is 3.19. The summed E-state index contributed by atoms with van der Waals surface area (Å²) in [7, 11) is 5.38. The van der Waals surface area contributed by atoms with Crippen LogP contribution in [0.2, 0.25) is 5.02 Å². The van der Waals surface area contributed by atoms with Crippen LogP contribution >= 0.6 is 11.6 Å². The second kappa shape index (κ2) is 10.4. The van der Waals surface area contributed by atoms with E-state index in [0.29, 0.717) is 58.6 Å². The van der Waals surface area contributed by atoms with Crippen LogP contribution < -0.4 is 20.5 Å². The van der Waals surface area contributed by atoms with Crippen molar-refractivity contribution in [3.63, 3.8) is 0 Å². The zero-order valence-corrected chi connectivity index (χ0v) is 19.2. The standard InChI is InChI=1S/C23H26ClN3O5/c1-5-31-20-13-15(12-17(24)22(20)30-4)6-9-21(28)25-16-7-8-19-18(14-16)27(23(29)32-19)11-10-26(2)3/h6-9,12-14H,5,10-11H2,1-4H3,(H,25,28)/b9-6+. The number of aromatic nitrogens is 1. The number of methoxy groups -OCH3 is 1.